The van der Waals surface area contributed by atoms with Crippen LogP contribution in [0.3, 0.4) is 0 Å². The first-order valence-corrected chi connectivity index (χ1v) is 7.42. The first-order valence-electron chi connectivity index (χ1n) is 7.42. The number of carbonyl (C=O) groups is 1. The number of aryl methyl sites for hydroxylation is 1. The van der Waals surface area contributed by atoms with Gasteiger partial charge in [0.2, 0.25) is 5.91 Å². The molecule has 0 fully saturated rings. The van der Waals surface area contributed by atoms with Crippen LogP contribution in [-0.2, 0) is 5.41 Å². The molecular formula is C19H24N2O. The third-order valence-corrected chi connectivity index (χ3v) is 4.04. The van der Waals surface area contributed by atoms with Crippen LogP contribution in [0, 0.1) is 13.8 Å². The molecule has 3 nitrogen and oxygen atoms in total. The predicted molar refractivity (Wildman–Crippen MR) is 93.0 cm³/mol. The van der Waals surface area contributed by atoms with E-state index in [4.69, 9.17) is 11.5 Å². The van der Waals surface area contributed by atoms with Gasteiger partial charge in [-0.25, -0.2) is 0 Å². The number of amides is 1. The minimum atomic E-state index is -0.422. The van der Waals surface area contributed by atoms with E-state index in [1.807, 2.05) is 32.0 Å². The Bertz CT molecular complexity index is 740. The molecule has 4 N–H and O–H groups in total. The zero-order valence-corrected chi connectivity index (χ0v) is 13.9. The first-order chi connectivity index (χ1) is 10.1. The second-order valence-corrected chi connectivity index (χ2v) is 6.90. The molecule has 2 aromatic rings. The molecule has 0 atom stereocenters. The minimum Gasteiger partial charge on any atom is -0.398 e. The lowest BCUT2D eigenvalue weighted by molar-refractivity contribution is 0.100. The lowest BCUT2D eigenvalue weighted by Crippen LogP contribution is -2.15. The monoisotopic (exact) mass is 296 g/mol. The molecule has 0 heterocycles. The highest BCUT2D eigenvalue weighted by Gasteiger charge is 2.19. The summed E-state index contributed by atoms with van der Waals surface area (Å²) in [4.78, 5) is 11.8. The van der Waals surface area contributed by atoms with Crippen LogP contribution in [0.25, 0.3) is 11.1 Å². The van der Waals surface area contributed by atoms with Crippen LogP contribution in [-0.4, -0.2) is 5.91 Å². The number of nitrogen functional groups attached to an aromatic ring is 1. The molecule has 0 aliphatic heterocycles. The number of rotatable bonds is 2. The minimum absolute atomic E-state index is 0.0206. The highest BCUT2D eigenvalue weighted by atomic mass is 16.1. The summed E-state index contributed by atoms with van der Waals surface area (Å²) < 4.78 is 0. The average molecular weight is 296 g/mol. The summed E-state index contributed by atoms with van der Waals surface area (Å²) in [5, 5.41) is 0. The van der Waals surface area contributed by atoms with Crippen molar-refractivity contribution in [1.29, 1.82) is 0 Å². The molecule has 0 spiro atoms. The van der Waals surface area contributed by atoms with Gasteiger partial charge in [0.1, 0.15) is 0 Å². The maximum absolute atomic E-state index is 11.8. The molecule has 22 heavy (non-hydrogen) atoms. The lowest BCUT2D eigenvalue weighted by atomic mass is 9.82. The average Bonchev–Trinajstić information content (AvgIpc) is 2.40. The molecule has 0 saturated heterocycles. The Labute approximate surface area is 132 Å². The van der Waals surface area contributed by atoms with Crippen molar-refractivity contribution in [1.82, 2.24) is 0 Å². The SMILES string of the molecule is Cc1ccc(C(N)=O)c(-c2cc(C(C)(C)C)cc(N)c2C)c1. The Morgan fingerprint density at radius 2 is 1.64 bits per heavy atom. The maximum Gasteiger partial charge on any atom is 0.249 e. The van der Waals surface area contributed by atoms with Gasteiger partial charge < -0.3 is 11.5 Å². The van der Waals surface area contributed by atoms with Crippen LogP contribution in [0.5, 0.6) is 0 Å². The van der Waals surface area contributed by atoms with Crippen molar-refractivity contribution in [2.24, 2.45) is 5.73 Å². The zero-order chi connectivity index (χ0) is 16.7. The van der Waals surface area contributed by atoms with Crippen molar-refractivity contribution in [3.05, 3.63) is 52.6 Å². The van der Waals surface area contributed by atoms with E-state index in [-0.39, 0.29) is 5.41 Å². The second-order valence-electron chi connectivity index (χ2n) is 6.90. The van der Waals surface area contributed by atoms with Gasteiger partial charge in [0.05, 0.1) is 0 Å². The van der Waals surface area contributed by atoms with E-state index in [2.05, 4.69) is 26.8 Å². The Kier molecular flexibility index (Phi) is 4.01. The summed E-state index contributed by atoms with van der Waals surface area (Å²) >= 11 is 0. The fourth-order valence-corrected chi connectivity index (χ4v) is 2.55. The van der Waals surface area contributed by atoms with E-state index in [0.717, 1.165) is 33.5 Å². The molecule has 0 aliphatic rings. The van der Waals surface area contributed by atoms with E-state index in [1.165, 1.54) is 0 Å². The van der Waals surface area contributed by atoms with E-state index in [0.29, 0.717) is 5.56 Å². The van der Waals surface area contributed by atoms with Crippen molar-refractivity contribution < 1.29 is 4.79 Å². The van der Waals surface area contributed by atoms with Crippen LogP contribution in [0.1, 0.15) is 47.8 Å². The Morgan fingerprint density at radius 3 is 2.18 bits per heavy atom. The molecule has 0 aliphatic carbocycles. The normalized spacial score (nSPS) is 11.5. The molecule has 2 aromatic carbocycles. The van der Waals surface area contributed by atoms with Gasteiger partial charge in [0.25, 0.3) is 0 Å². The van der Waals surface area contributed by atoms with Gasteiger partial charge in [0, 0.05) is 11.3 Å². The van der Waals surface area contributed by atoms with Crippen LogP contribution >= 0.6 is 0 Å². The molecule has 0 bridgehead atoms. The van der Waals surface area contributed by atoms with Crippen molar-refractivity contribution in [3.8, 4) is 11.1 Å². The maximum atomic E-state index is 11.8. The molecule has 0 aromatic heterocycles. The Hall–Kier alpha value is -2.29. The smallest absolute Gasteiger partial charge is 0.249 e. The highest BCUT2D eigenvalue weighted by Crippen LogP contribution is 2.35. The Balaban J connectivity index is 2.80. The Morgan fingerprint density at radius 1 is 1.00 bits per heavy atom. The van der Waals surface area contributed by atoms with E-state index < -0.39 is 5.91 Å². The summed E-state index contributed by atoms with van der Waals surface area (Å²) in [5.74, 6) is -0.422. The molecule has 0 unspecified atom stereocenters. The second kappa shape index (κ2) is 5.48. The topological polar surface area (TPSA) is 69.1 Å². The van der Waals surface area contributed by atoms with Gasteiger partial charge >= 0.3 is 0 Å². The van der Waals surface area contributed by atoms with Gasteiger partial charge in [0.15, 0.2) is 0 Å². The van der Waals surface area contributed by atoms with Crippen LogP contribution in [0.2, 0.25) is 0 Å². The van der Waals surface area contributed by atoms with Gasteiger partial charge in [-0.05, 0) is 53.6 Å². The standard InChI is InChI=1S/C19H24N2O/c1-11-6-7-14(18(21)22)16(8-11)15-9-13(19(3,4)5)10-17(20)12(15)2/h6-10H,20H2,1-5H3,(H2,21,22). The lowest BCUT2D eigenvalue weighted by Gasteiger charge is -2.23. The third-order valence-electron chi connectivity index (χ3n) is 4.04. The van der Waals surface area contributed by atoms with Crippen molar-refractivity contribution in [3.63, 3.8) is 0 Å². The largest absolute Gasteiger partial charge is 0.398 e. The molecule has 116 valence electrons. The third kappa shape index (κ3) is 2.98. The van der Waals surface area contributed by atoms with Crippen molar-refractivity contribution in [2.45, 2.75) is 40.0 Å². The van der Waals surface area contributed by atoms with Crippen LogP contribution < -0.4 is 11.5 Å². The van der Waals surface area contributed by atoms with Crippen molar-refractivity contribution in [2.75, 3.05) is 5.73 Å². The van der Waals surface area contributed by atoms with Gasteiger partial charge in [-0.1, -0.05) is 44.5 Å². The fourth-order valence-electron chi connectivity index (χ4n) is 2.55. The number of nitrogens with two attached hydrogens (primary N) is 2. The van der Waals surface area contributed by atoms with Gasteiger partial charge in [-0.3, -0.25) is 4.79 Å². The zero-order valence-electron chi connectivity index (χ0n) is 13.9. The summed E-state index contributed by atoms with van der Waals surface area (Å²) in [5.41, 5.74) is 18.0. The molecule has 3 heteroatoms. The number of hydrogen-bond acceptors (Lipinski definition) is 2. The molecule has 2 rings (SSSR count). The number of benzene rings is 2. The molecular weight excluding hydrogens is 272 g/mol. The molecule has 1 amide bonds. The number of anilines is 1. The van der Waals surface area contributed by atoms with Crippen LogP contribution in [0.15, 0.2) is 30.3 Å². The first kappa shape index (κ1) is 16.1. The van der Waals surface area contributed by atoms with E-state index >= 15 is 0 Å². The summed E-state index contributed by atoms with van der Waals surface area (Å²) in [7, 11) is 0. The highest BCUT2D eigenvalue weighted by molar-refractivity contribution is 6.00. The predicted octanol–water partition coefficient (Wildman–Crippen LogP) is 3.95. The summed E-state index contributed by atoms with van der Waals surface area (Å²) in [6, 6.07) is 9.81. The number of carbonyl (C=O) groups excluding carboxylic acids is 1. The quantitative estimate of drug-likeness (QED) is 0.824. The van der Waals surface area contributed by atoms with E-state index in [1.54, 1.807) is 6.07 Å². The fraction of sp³-hybridized carbons (Fsp3) is 0.316. The molecule has 0 radical (unpaired) electrons. The molecule has 0 saturated carbocycles. The van der Waals surface area contributed by atoms with Gasteiger partial charge in [-0.2, -0.15) is 0 Å². The van der Waals surface area contributed by atoms with Gasteiger partial charge in [-0.15, -0.1) is 0 Å². The van der Waals surface area contributed by atoms with E-state index in [9.17, 15) is 4.79 Å². The summed E-state index contributed by atoms with van der Waals surface area (Å²) in [6.07, 6.45) is 0. The van der Waals surface area contributed by atoms with Crippen molar-refractivity contribution >= 4 is 11.6 Å². The number of hydrogen-bond donors (Lipinski definition) is 2. The van der Waals surface area contributed by atoms with Crippen LogP contribution in [0.4, 0.5) is 5.69 Å². The number of primary amides is 1. The summed E-state index contributed by atoms with van der Waals surface area (Å²) in [6.45, 7) is 10.4.